The summed E-state index contributed by atoms with van der Waals surface area (Å²) in [4.78, 5) is 6.99. The maximum Gasteiger partial charge on any atom is 0.141 e. The summed E-state index contributed by atoms with van der Waals surface area (Å²) in [6, 6.07) is 17.9. The van der Waals surface area contributed by atoms with Crippen LogP contribution in [0.5, 0.6) is 0 Å². The van der Waals surface area contributed by atoms with Gasteiger partial charge in [0.25, 0.3) is 0 Å². The van der Waals surface area contributed by atoms with Gasteiger partial charge in [0.15, 0.2) is 0 Å². The number of nitriles is 1. The number of nitrogens with zero attached hydrogens (tertiary/aromatic N) is 4. The number of nitrogens with one attached hydrogen (secondary N) is 4. The third-order valence-electron chi connectivity index (χ3n) is 8.47. The second kappa shape index (κ2) is 13.1. The van der Waals surface area contributed by atoms with E-state index >= 15 is 0 Å². The van der Waals surface area contributed by atoms with Crippen LogP contribution in [0.4, 0.5) is 21.5 Å². The summed E-state index contributed by atoms with van der Waals surface area (Å²) in [5.74, 6) is -0.534. The summed E-state index contributed by atoms with van der Waals surface area (Å²) in [7, 11) is 0. The van der Waals surface area contributed by atoms with Crippen LogP contribution in [-0.2, 0) is 0 Å². The highest BCUT2D eigenvalue weighted by molar-refractivity contribution is 6.36. The molecule has 2 aliphatic rings. The third kappa shape index (κ3) is 6.82. The maximum atomic E-state index is 13.9. The van der Waals surface area contributed by atoms with Gasteiger partial charge in [-0.15, -0.1) is 5.53 Å². The van der Waals surface area contributed by atoms with Gasteiger partial charge in [0.2, 0.25) is 0 Å². The summed E-state index contributed by atoms with van der Waals surface area (Å²) in [6.07, 6.45) is 5.66. The van der Waals surface area contributed by atoms with Gasteiger partial charge < -0.3 is 16.1 Å². The van der Waals surface area contributed by atoms with Crippen molar-refractivity contribution < 1.29 is 4.39 Å². The largest absolute Gasteiger partial charge is 0.373 e. The van der Waals surface area contributed by atoms with Crippen molar-refractivity contribution in [2.24, 2.45) is 0 Å². The van der Waals surface area contributed by atoms with Gasteiger partial charge in [0, 0.05) is 58.9 Å². The smallest absolute Gasteiger partial charge is 0.141 e. The number of fused-ring (bicyclic) bond motifs is 1. The Morgan fingerprint density at radius 2 is 1.72 bits per heavy atom. The number of hydrogen-bond donors (Lipinski definition) is 4. The predicted octanol–water partition coefficient (Wildman–Crippen LogP) is 8.53. The standard InChI is InChI=1S/C34H34Cl3FN8/c1-34(2,3)45-12-10-25(11-13-45)46-19-30(43-44-46)32(20-4-6-22(35)7-5-20)42-24-14-26-31(41-23-8-9-29(38)27(36)15-23)21(17-39)18-40-33(26)28(37)16-24/h4-9,14-16,18-19,25,32,42-44H,10-13H2,1-3H3,(H,40,41)/t32-/m0/s1. The van der Waals surface area contributed by atoms with E-state index in [1.165, 1.54) is 18.3 Å². The van der Waals surface area contributed by atoms with E-state index in [2.05, 4.69) is 69.5 Å². The molecule has 8 nitrogen and oxygen atoms in total. The van der Waals surface area contributed by atoms with Gasteiger partial charge in [-0.3, -0.25) is 14.9 Å². The first-order valence-corrected chi connectivity index (χ1v) is 16.2. The molecule has 3 aromatic carbocycles. The topological polar surface area (TPSA) is 91.3 Å². The molecule has 1 aromatic heterocycles. The van der Waals surface area contributed by atoms with E-state index in [0.29, 0.717) is 49.6 Å². The molecule has 0 radical (unpaired) electrons. The molecule has 0 aliphatic carbocycles. The van der Waals surface area contributed by atoms with Crippen LogP contribution in [0.2, 0.25) is 15.1 Å². The van der Waals surface area contributed by atoms with E-state index in [0.717, 1.165) is 37.2 Å². The van der Waals surface area contributed by atoms with Crippen molar-refractivity contribution in [3.05, 3.63) is 105 Å². The Bertz CT molecular complexity index is 1830. The third-order valence-corrected chi connectivity index (χ3v) is 9.30. The average Bonchev–Trinajstić information content (AvgIpc) is 3.52. The number of benzene rings is 3. The molecule has 0 unspecified atom stereocenters. The first-order chi connectivity index (χ1) is 22.0. The molecule has 2 aliphatic heterocycles. The lowest BCUT2D eigenvalue weighted by atomic mass is 9.98. The highest BCUT2D eigenvalue weighted by atomic mass is 35.5. The van der Waals surface area contributed by atoms with Crippen molar-refractivity contribution >= 4 is 62.8 Å². The number of rotatable bonds is 7. The molecule has 12 heteroatoms. The van der Waals surface area contributed by atoms with E-state index in [1.807, 2.05) is 36.4 Å². The lowest BCUT2D eigenvalue weighted by Gasteiger charge is -2.42. The van der Waals surface area contributed by atoms with Crippen molar-refractivity contribution in [2.75, 3.05) is 23.7 Å². The molecule has 238 valence electrons. The van der Waals surface area contributed by atoms with Crippen molar-refractivity contribution in [1.82, 2.24) is 25.9 Å². The molecule has 1 saturated heterocycles. The van der Waals surface area contributed by atoms with Gasteiger partial charge >= 0.3 is 0 Å². The van der Waals surface area contributed by atoms with Crippen LogP contribution in [0.3, 0.4) is 0 Å². The minimum absolute atomic E-state index is 0.0344. The van der Waals surface area contributed by atoms with Crippen LogP contribution < -0.4 is 21.6 Å². The van der Waals surface area contributed by atoms with Gasteiger partial charge in [-0.1, -0.05) is 46.9 Å². The molecular weight excluding hydrogens is 646 g/mol. The number of halogens is 4. The minimum atomic E-state index is -0.534. The van der Waals surface area contributed by atoms with Crippen LogP contribution in [0.1, 0.15) is 50.8 Å². The SMILES string of the molecule is CC(C)(C)N1CCC(N2C=C([C@@H](Nc3cc(Cl)c4ncc(C#N)c(Nc5ccc(F)c(Cl)c5)c4c3)c3ccc(Cl)cc3)NN2)CC1. The lowest BCUT2D eigenvalue weighted by molar-refractivity contribution is 0.0570. The van der Waals surface area contributed by atoms with Crippen molar-refractivity contribution in [1.29, 1.82) is 5.26 Å². The zero-order valence-electron chi connectivity index (χ0n) is 25.6. The number of aromatic nitrogens is 1. The normalized spacial score (nSPS) is 16.6. The zero-order valence-corrected chi connectivity index (χ0v) is 27.9. The molecule has 4 aromatic rings. The fraction of sp³-hybridized carbons (Fsp3) is 0.294. The van der Waals surface area contributed by atoms with Gasteiger partial charge in [-0.25, -0.2) is 4.39 Å². The fourth-order valence-corrected chi connectivity index (χ4v) is 6.52. The summed E-state index contributed by atoms with van der Waals surface area (Å²) < 4.78 is 13.9. The highest BCUT2D eigenvalue weighted by Gasteiger charge is 2.32. The number of pyridine rings is 1. The maximum absolute atomic E-state index is 13.9. The Kier molecular flexibility index (Phi) is 9.19. The second-order valence-electron chi connectivity index (χ2n) is 12.5. The number of hydrogen-bond acceptors (Lipinski definition) is 8. The number of anilines is 3. The molecule has 46 heavy (non-hydrogen) atoms. The van der Waals surface area contributed by atoms with E-state index in [9.17, 15) is 9.65 Å². The van der Waals surface area contributed by atoms with Crippen LogP contribution in [0.15, 0.2) is 72.7 Å². The van der Waals surface area contributed by atoms with Crippen molar-refractivity contribution in [3.8, 4) is 6.07 Å². The Labute approximate surface area is 283 Å². The Hall–Kier alpha value is -3.78. The molecule has 1 atom stereocenters. The number of piperidine rings is 1. The summed E-state index contributed by atoms with van der Waals surface area (Å²) in [5, 5.41) is 20.6. The van der Waals surface area contributed by atoms with E-state index in [-0.39, 0.29) is 16.6 Å². The average molecular weight is 680 g/mol. The molecular formula is C34H34Cl3FN8. The summed E-state index contributed by atoms with van der Waals surface area (Å²) >= 11 is 19.1. The molecule has 3 heterocycles. The minimum Gasteiger partial charge on any atom is -0.373 e. The van der Waals surface area contributed by atoms with Gasteiger partial charge in [0.05, 0.1) is 38.6 Å². The van der Waals surface area contributed by atoms with E-state index in [1.54, 1.807) is 6.07 Å². The van der Waals surface area contributed by atoms with Gasteiger partial charge in [0.1, 0.15) is 11.9 Å². The predicted molar refractivity (Wildman–Crippen MR) is 185 cm³/mol. The van der Waals surface area contributed by atoms with Gasteiger partial charge in [-0.2, -0.15) is 5.26 Å². The summed E-state index contributed by atoms with van der Waals surface area (Å²) in [6.45, 7) is 8.84. The molecule has 0 bridgehead atoms. The Balaban J connectivity index is 1.34. The van der Waals surface area contributed by atoms with E-state index in [4.69, 9.17) is 34.8 Å². The lowest BCUT2D eigenvalue weighted by Crippen LogP contribution is -2.52. The monoisotopic (exact) mass is 678 g/mol. The fourth-order valence-electron chi connectivity index (χ4n) is 5.94. The van der Waals surface area contributed by atoms with Crippen LogP contribution in [0.25, 0.3) is 10.9 Å². The molecule has 0 spiro atoms. The molecule has 0 amide bonds. The Morgan fingerprint density at radius 1 is 1.00 bits per heavy atom. The van der Waals surface area contributed by atoms with Gasteiger partial charge in [-0.05, 0) is 81.6 Å². The number of hydrazine groups is 2. The highest BCUT2D eigenvalue weighted by Crippen LogP contribution is 2.38. The number of likely N-dealkylation sites (tertiary alicyclic amines) is 1. The Morgan fingerprint density at radius 3 is 2.39 bits per heavy atom. The second-order valence-corrected chi connectivity index (χ2v) is 13.8. The van der Waals surface area contributed by atoms with Crippen LogP contribution >= 0.6 is 34.8 Å². The zero-order chi connectivity index (χ0) is 32.6. The molecule has 0 saturated carbocycles. The summed E-state index contributed by atoms with van der Waals surface area (Å²) in [5.41, 5.74) is 11.3. The quantitative estimate of drug-likeness (QED) is 0.155. The molecule has 4 N–H and O–H groups in total. The first-order valence-electron chi connectivity index (χ1n) is 15.0. The van der Waals surface area contributed by atoms with Crippen molar-refractivity contribution in [3.63, 3.8) is 0 Å². The first kappa shape index (κ1) is 32.2. The van der Waals surface area contributed by atoms with Crippen molar-refractivity contribution in [2.45, 2.75) is 51.2 Å². The van der Waals surface area contributed by atoms with Crippen LogP contribution in [0, 0.1) is 17.1 Å². The van der Waals surface area contributed by atoms with Crippen LogP contribution in [-0.4, -0.2) is 39.6 Å². The molecule has 6 rings (SSSR count). The molecule has 1 fully saturated rings. The van der Waals surface area contributed by atoms with E-state index < -0.39 is 5.82 Å².